The highest BCUT2D eigenvalue weighted by atomic mass is 127. The third kappa shape index (κ3) is 3.10. The summed E-state index contributed by atoms with van der Waals surface area (Å²) in [6, 6.07) is 12.2. The number of ether oxygens (including phenoxy) is 3. The van der Waals surface area contributed by atoms with Crippen LogP contribution in [0.15, 0.2) is 46.2 Å². The summed E-state index contributed by atoms with van der Waals surface area (Å²) in [4.78, 5) is 5.63. The number of aromatic nitrogens is 1. The van der Waals surface area contributed by atoms with E-state index in [4.69, 9.17) is 14.2 Å². The van der Waals surface area contributed by atoms with Gasteiger partial charge in [0.1, 0.15) is 0 Å². The van der Waals surface area contributed by atoms with Crippen molar-refractivity contribution in [2.24, 2.45) is 0 Å². The molecule has 0 atom stereocenters. The number of benzene rings is 2. The maximum absolute atomic E-state index is 5.43. The van der Waals surface area contributed by atoms with Crippen LogP contribution in [0.2, 0.25) is 0 Å². The van der Waals surface area contributed by atoms with Crippen LogP contribution in [0.4, 0.5) is 0 Å². The fourth-order valence-electron chi connectivity index (χ4n) is 2.42. The second-order valence-corrected chi connectivity index (χ2v) is 6.94. The van der Waals surface area contributed by atoms with E-state index in [1.54, 1.807) is 33.1 Å². The number of aromatic amines is 1. The van der Waals surface area contributed by atoms with Crippen molar-refractivity contribution < 1.29 is 14.2 Å². The standard InChI is InChI=1S/C17H16INO3S/c1-20-13-8-10(9-14(21-2)15(13)22-3)23-16-11-6-4-5-7-12(11)19-17(16)18/h4-9,19H,1-3H3. The summed E-state index contributed by atoms with van der Waals surface area (Å²) in [5.74, 6) is 1.92. The van der Waals surface area contributed by atoms with E-state index in [0.29, 0.717) is 17.2 Å². The van der Waals surface area contributed by atoms with Gasteiger partial charge in [0.2, 0.25) is 5.75 Å². The number of para-hydroxylation sites is 1. The smallest absolute Gasteiger partial charge is 0.203 e. The quantitative estimate of drug-likeness (QED) is 0.570. The van der Waals surface area contributed by atoms with E-state index in [0.717, 1.165) is 14.1 Å². The lowest BCUT2D eigenvalue weighted by molar-refractivity contribution is 0.323. The number of nitrogens with one attached hydrogen (secondary N) is 1. The average molecular weight is 441 g/mol. The molecule has 0 aliphatic carbocycles. The van der Waals surface area contributed by atoms with Crippen molar-refractivity contribution in [1.29, 1.82) is 0 Å². The molecule has 6 heteroatoms. The van der Waals surface area contributed by atoms with Crippen LogP contribution < -0.4 is 14.2 Å². The van der Waals surface area contributed by atoms with Gasteiger partial charge in [0, 0.05) is 15.8 Å². The van der Waals surface area contributed by atoms with Crippen molar-refractivity contribution in [2.45, 2.75) is 9.79 Å². The van der Waals surface area contributed by atoms with E-state index >= 15 is 0 Å². The first-order valence-electron chi connectivity index (χ1n) is 6.92. The molecule has 0 saturated heterocycles. The van der Waals surface area contributed by atoms with Crippen molar-refractivity contribution in [3.05, 3.63) is 40.1 Å². The molecule has 0 saturated carbocycles. The van der Waals surface area contributed by atoms with Crippen LogP contribution in [0.1, 0.15) is 0 Å². The Bertz CT molecular complexity index is 822. The molecule has 3 rings (SSSR count). The van der Waals surface area contributed by atoms with E-state index in [9.17, 15) is 0 Å². The van der Waals surface area contributed by atoms with E-state index in [1.807, 2.05) is 24.3 Å². The minimum Gasteiger partial charge on any atom is -0.493 e. The molecule has 0 radical (unpaired) electrons. The molecule has 1 N–H and O–H groups in total. The number of hydrogen-bond donors (Lipinski definition) is 1. The fraction of sp³-hybridized carbons (Fsp3) is 0.176. The molecule has 1 aromatic heterocycles. The van der Waals surface area contributed by atoms with E-state index in [2.05, 4.69) is 39.7 Å². The fourth-order valence-corrected chi connectivity index (χ4v) is 4.32. The SMILES string of the molecule is COc1cc(Sc2c(I)[nH]c3ccccc23)cc(OC)c1OC. The molecule has 0 fully saturated rings. The largest absolute Gasteiger partial charge is 0.493 e. The van der Waals surface area contributed by atoms with Crippen molar-refractivity contribution in [1.82, 2.24) is 4.98 Å². The first-order chi connectivity index (χ1) is 11.2. The predicted octanol–water partition coefficient (Wildman–Crippen LogP) is 4.95. The molecule has 0 aliphatic heterocycles. The van der Waals surface area contributed by atoms with Gasteiger partial charge in [0.25, 0.3) is 0 Å². The highest BCUT2D eigenvalue weighted by Gasteiger charge is 2.16. The number of methoxy groups -OCH3 is 3. The highest BCUT2D eigenvalue weighted by molar-refractivity contribution is 14.1. The van der Waals surface area contributed by atoms with Gasteiger partial charge in [0.05, 0.1) is 29.9 Å². The van der Waals surface area contributed by atoms with Crippen LogP contribution in [0, 0.1) is 3.70 Å². The van der Waals surface area contributed by atoms with Crippen molar-refractivity contribution in [3.8, 4) is 17.2 Å². The number of halogens is 1. The van der Waals surface area contributed by atoms with Crippen molar-refractivity contribution >= 4 is 45.3 Å². The van der Waals surface area contributed by atoms with Gasteiger partial charge in [-0.15, -0.1) is 0 Å². The van der Waals surface area contributed by atoms with Gasteiger partial charge < -0.3 is 19.2 Å². The summed E-state index contributed by atoms with van der Waals surface area (Å²) in [6.07, 6.45) is 0. The summed E-state index contributed by atoms with van der Waals surface area (Å²) in [6.45, 7) is 0. The van der Waals surface area contributed by atoms with Crippen LogP contribution in [-0.4, -0.2) is 26.3 Å². The monoisotopic (exact) mass is 441 g/mol. The molecule has 1 heterocycles. The third-order valence-electron chi connectivity index (χ3n) is 3.47. The van der Waals surface area contributed by atoms with Crippen LogP contribution in [0.3, 0.4) is 0 Å². The predicted molar refractivity (Wildman–Crippen MR) is 101 cm³/mol. The Labute approximate surface area is 152 Å². The lowest BCUT2D eigenvalue weighted by Crippen LogP contribution is -1.95. The van der Waals surface area contributed by atoms with E-state index in [-0.39, 0.29) is 0 Å². The van der Waals surface area contributed by atoms with Crippen LogP contribution in [0.25, 0.3) is 10.9 Å². The minimum atomic E-state index is 0.605. The summed E-state index contributed by atoms with van der Waals surface area (Å²) >= 11 is 4.00. The number of H-pyrrole nitrogens is 1. The second-order valence-electron chi connectivity index (χ2n) is 4.78. The van der Waals surface area contributed by atoms with Crippen molar-refractivity contribution in [3.63, 3.8) is 0 Å². The van der Waals surface area contributed by atoms with Gasteiger partial charge in [-0.25, -0.2) is 0 Å². The van der Waals surface area contributed by atoms with Gasteiger partial charge >= 0.3 is 0 Å². The molecule has 0 spiro atoms. The molecule has 2 aromatic carbocycles. The number of hydrogen-bond acceptors (Lipinski definition) is 4. The van der Waals surface area contributed by atoms with Crippen molar-refractivity contribution in [2.75, 3.05) is 21.3 Å². The Balaban J connectivity index is 2.07. The Kier molecular flexibility index (Phi) is 4.91. The van der Waals surface area contributed by atoms with Gasteiger partial charge in [-0.1, -0.05) is 30.0 Å². The molecular weight excluding hydrogens is 425 g/mol. The first-order valence-corrected chi connectivity index (χ1v) is 8.81. The lowest BCUT2D eigenvalue weighted by Gasteiger charge is -2.13. The Morgan fingerprint density at radius 1 is 0.957 bits per heavy atom. The Morgan fingerprint density at radius 3 is 2.22 bits per heavy atom. The highest BCUT2D eigenvalue weighted by Crippen LogP contribution is 2.44. The van der Waals surface area contributed by atoms with Crippen LogP contribution >= 0.6 is 34.4 Å². The molecule has 120 valence electrons. The maximum Gasteiger partial charge on any atom is 0.203 e. The average Bonchev–Trinajstić information content (AvgIpc) is 2.89. The zero-order valence-electron chi connectivity index (χ0n) is 13.0. The Morgan fingerprint density at radius 2 is 1.61 bits per heavy atom. The van der Waals surface area contributed by atoms with E-state index < -0.39 is 0 Å². The molecule has 0 unspecified atom stereocenters. The van der Waals surface area contributed by atoms with Gasteiger partial charge in [-0.05, 0) is 40.8 Å². The molecule has 0 amide bonds. The van der Waals surface area contributed by atoms with Gasteiger partial charge in [-0.2, -0.15) is 0 Å². The van der Waals surface area contributed by atoms with Gasteiger partial charge in [-0.3, -0.25) is 0 Å². The Hall–Kier alpha value is -1.54. The first kappa shape index (κ1) is 16.3. The summed E-state index contributed by atoms with van der Waals surface area (Å²) in [5, 5.41) is 1.20. The molecule has 0 aliphatic rings. The zero-order chi connectivity index (χ0) is 16.4. The summed E-state index contributed by atoms with van der Waals surface area (Å²) in [7, 11) is 4.86. The van der Waals surface area contributed by atoms with Crippen LogP contribution in [0.5, 0.6) is 17.2 Å². The summed E-state index contributed by atoms with van der Waals surface area (Å²) in [5.41, 5.74) is 1.13. The maximum atomic E-state index is 5.43. The summed E-state index contributed by atoms with van der Waals surface area (Å²) < 4.78 is 17.3. The lowest BCUT2D eigenvalue weighted by atomic mass is 10.2. The molecule has 3 aromatic rings. The molecular formula is C17H16INO3S. The normalized spacial score (nSPS) is 10.8. The minimum absolute atomic E-state index is 0.605. The van der Waals surface area contributed by atoms with Gasteiger partial charge in [0.15, 0.2) is 11.5 Å². The molecule has 23 heavy (non-hydrogen) atoms. The number of rotatable bonds is 5. The third-order valence-corrected chi connectivity index (χ3v) is 5.75. The molecule has 0 bridgehead atoms. The zero-order valence-corrected chi connectivity index (χ0v) is 15.9. The topological polar surface area (TPSA) is 43.5 Å². The van der Waals surface area contributed by atoms with Crippen LogP contribution in [-0.2, 0) is 0 Å². The molecule has 4 nitrogen and oxygen atoms in total. The van der Waals surface area contributed by atoms with E-state index in [1.165, 1.54) is 10.3 Å². The second kappa shape index (κ2) is 6.92. The number of fused-ring (bicyclic) bond motifs is 1.